The molecule has 0 radical (unpaired) electrons. The molecule has 1 aliphatic heterocycles. The molecule has 0 bridgehead atoms. The van der Waals surface area contributed by atoms with Crippen molar-refractivity contribution in [2.75, 3.05) is 19.6 Å². The van der Waals surface area contributed by atoms with E-state index in [1.165, 1.54) is 24.9 Å². The highest BCUT2D eigenvalue weighted by atomic mass is 16.3. The summed E-state index contributed by atoms with van der Waals surface area (Å²) in [7, 11) is 0. The number of hydrogen-bond acceptors (Lipinski definition) is 3. The highest BCUT2D eigenvalue weighted by molar-refractivity contribution is 5.11. The van der Waals surface area contributed by atoms with Gasteiger partial charge in [-0.1, -0.05) is 6.92 Å². The van der Waals surface area contributed by atoms with Crippen molar-refractivity contribution in [1.82, 2.24) is 10.2 Å². The van der Waals surface area contributed by atoms with E-state index in [9.17, 15) is 0 Å². The molecule has 2 rings (SSSR count). The summed E-state index contributed by atoms with van der Waals surface area (Å²) in [5.74, 6) is 0. The summed E-state index contributed by atoms with van der Waals surface area (Å²) >= 11 is 0. The van der Waals surface area contributed by atoms with E-state index >= 15 is 0 Å². The van der Waals surface area contributed by atoms with E-state index in [1.54, 1.807) is 6.26 Å². The molecule has 1 fully saturated rings. The van der Waals surface area contributed by atoms with Crippen LogP contribution in [-0.4, -0.2) is 30.6 Å². The molecule has 1 aliphatic rings. The van der Waals surface area contributed by atoms with Crippen LogP contribution in [0, 0.1) is 0 Å². The van der Waals surface area contributed by atoms with E-state index in [0.29, 0.717) is 12.1 Å². The summed E-state index contributed by atoms with van der Waals surface area (Å²) in [5.41, 5.74) is 1.29. The summed E-state index contributed by atoms with van der Waals surface area (Å²) < 4.78 is 5.18. The molecule has 3 heteroatoms. The first-order valence-corrected chi connectivity index (χ1v) is 6.31. The molecule has 1 aromatic heterocycles. The van der Waals surface area contributed by atoms with Gasteiger partial charge in [0.15, 0.2) is 0 Å². The van der Waals surface area contributed by atoms with Crippen molar-refractivity contribution in [3.05, 3.63) is 24.2 Å². The van der Waals surface area contributed by atoms with Gasteiger partial charge < -0.3 is 9.73 Å². The third-order valence-electron chi connectivity index (χ3n) is 3.51. The Labute approximate surface area is 97.8 Å². The van der Waals surface area contributed by atoms with Crippen molar-refractivity contribution in [2.45, 2.75) is 38.8 Å². The Morgan fingerprint density at radius 3 is 3.06 bits per heavy atom. The van der Waals surface area contributed by atoms with Crippen LogP contribution >= 0.6 is 0 Å². The van der Waals surface area contributed by atoms with Gasteiger partial charge in [-0.25, -0.2) is 0 Å². The molecular weight excluding hydrogens is 200 g/mol. The highest BCUT2D eigenvalue weighted by Gasteiger charge is 2.26. The first-order chi connectivity index (χ1) is 7.83. The van der Waals surface area contributed by atoms with E-state index in [2.05, 4.69) is 30.1 Å². The number of hydrogen-bond donors (Lipinski definition) is 1. The lowest BCUT2D eigenvalue weighted by Gasteiger charge is -2.33. The molecule has 2 atom stereocenters. The second-order valence-electron chi connectivity index (χ2n) is 4.62. The van der Waals surface area contributed by atoms with E-state index < -0.39 is 0 Å². The van der Waals surface area contributed by atoms with Crippen LogP contribution in [0.2, 0.25) is 0 Å². The lowest BCUT2D eigenvalue weighted by Crippen LogP contribution is -2.39. The zero-order chi connectivity index (χ0) is 11.4. The summed E-state index contributed by atoms with van der Waals surface area (Å²) in [6.45, 7) is 7.97. The Balaban J connectivity index is 2.05. The van der Waals surface area contributed by atoms with Gasteiger partial charge in [0.25, 0.3) is 0 Å². The number of rotatable bonds is 5. The lowest BCUT2D eigenvalue weighted by atomic mass is 10.1. The number of nitrogens with zero attached hydrogens (tertiary/aromatic N) is 1. The Hall–Kier alpha value is -0.800. The average molecular weight is 222 g/mol. The minimum Gasteiger partial charge on any atom is -0.472 e. The molecule has 16 heavy (non-hydrogen) atoms. The van der Waals surface area contributed by atoms with Crippen LogP contribution in [0.25, 0.3) is 0 Å². The van der Waals surface area contributed by atoms with Gasteiger partial charge in [0.1, 0.15) is 0 Å². The smallest absolute Gasteiger partial charge is 0.0950 e. The lowest BCUT2D eigenvalue weighted by molar-refractivity contribution is 0.153. The molecule has 0 aliphatic carbocycles. The van der Waals surface area contributed by atoms with Crippen LogP contribution in [0.5, 0.6) is 0 Å². The Morgan fingerprint density at radius 1 is 1.62 bits per heavy atom. The van der Waals surface area contributed by atoms with Crippen LogP contribution in [0.15, 0.2) is 23.0 Å². The Bertz CT molecular complexity index is 291. The van der Waals surface area contributed by atoms with Crippen LogP contribution in [0.1, 0.15) is 38.3 Å². The van der Waals surface area contributed by atoms with Crippen molar-refractivity contribution in [2.24, 2.45) is 0 Å². The van der Waals surface area contributed by atoms with Gasteiger partial charge in [-0.05, 0) is 38.9 Å². The second-order valence-corrected chi connectivity index (χ2v) is 4.62. The highest BCUT2D eigenvalue weighted by Crippen LogP contribution is 2.25. The zero-order valence-corrected chi connectivity index (χ0v) is 10.3. The Kier molecular flexibility index (Phi) is 4.02. The third kappa shape index (κ3) is 2.47. The molecule has 1 aromatic rings. The van der Waals surface area contributed by atoms with Crippen molar-refractivity contribution < 1.29 is 4.42 Å². The minimum atomic E-state index is 0.462. The van der Waals surface area contributed by atoms with Gasteiger partial charge in [-0.3, -0.25) is 4.90 Å². The predicted octanol–water partition coefficient (Wildman–Crippen LogP) is 2.41. The fraction of sp³-hybridized carbons (Fsp3) is 0.692. The van der Waals surface area contributed by atoms with Crippen molar-refractivity contribution in [1.29, 1.82) is 0 Å². The fourth-order valence-corrected chi connectivity index (χ4v) is 2.58. The second kappa shape index (κ2) is 5.51. The van der Waals surface area contributed by atoms with E-state index in [4.69, 9.17) is 4.42 Å². The SMILES string of the molecule is CCCN(C1CCNC1)C(C)c1ccoc1. The molecule has 0 spiro atoms. The molecule has 2 unspecified atom stereocenters. The van der Waals surface area contributed by atoms with E-state index in [0.717, 1.165) is 13.1 Å². The summed E-state index contributed by atoms with van der Waals surface area (Å²) in [6, 6.07) is 3.23. The number of furan rings is 1. The van der Waals surface area contributed by atoms with Crippen molar-refractivity contribution in [3.63, 3.8) is 0 Å². The maximum absolute atomic E-state index is 5.18. The van der Waals surface area contributed by atoms with E-state index in [-0.39, 0.29) is 0 Å². The topological polar surface area (TPSA) is 28.4 Å². The Morgan fingerprint density at radius 2 is 2.50 bits per heavy atom. The monoisotopic (exact) mass is 222 g/mol. The van der Waals surface area contributed by atoms with Gasteiger partial charge in [0.2, 0.25) is 0 Å². The minimum absolute atomic E-state index is 0.462. The molecule has 1 saturated heterocycles. The largest absolute Gasteiger partial charge is 0.472 e. The molecule has 2 heterocycles. The first-order valence-electron chi connectivity index (χ1n) is 6.31. The van der Waals surface area contributed by atoms with Crippen molar-refractivity contribution in [3.8, 4) is 0 Å². The zero-order valence-electron chi connectivity index (χ0n) is 10.3. The van der Waals surface area contributed by atoms with Crippen LogP contribution < -0.4 is 5.32 Å². The standard InChI is InChI=1S/C13H22N2O/c1-3-7-15(13-4-6-14-9-13)11(2)12-5-8-16-10-12/h5,8,10-11,13-14H,3-4,6-7,9H2,1-2H3. The maximum Gasteiger partial charge on any atom is 0.0950 e. The van der Waals surface area contributed by atoms with Crippen LogP contribution in [0.4, 0.5) is 0 Å². The van der Waals surface area contributed by atoms with E-state index in [1.807, 2.05) is 6.26 Å². The predicted molar refractivity (Wildman–Crippen MR) is 65.4 cm³/mol. The summed E-state index contributed by atoms with van der Waals surface area (Å²) in [4.78, 5) is 2.60. The maximum atomic E-state index is 5.18. The molecule has 0 amide bonds. The molecule has 3 nitrogen and oxygen atoms in total. The molecule has 1 N–H and O–H groups in total. The average Bonchev–Trinajstić information content (AvgIpc) is 2.96. The third-order valence-corrected chi connectivity index (χ3v) is 3.51. The van der Waals surface area contributed by atoms with Gasteiger partial charge >= 0.3 is 0 Å². The van der Waals surface area contributed by atoms with Gasteiger partial charge in [-0.15, -0.1) is 0 Å². The van der Waals surface area contributed by atoms with Crippen LogP contribution in [-0.2, 0) is 0 Å². The molecule has 90 valence electrons. The molecular formula is C13H22N2O. The normalized spacial score (nSPS) is 22.8. The van der Waals surface area contributed by atoms with Gasteiger partial charge in [0.05, 0.1) is 12.5 Å². The summed E-state index contributed by atoms with van der Waals surface area (Å²) in [6.07, 6.45) is 6.11. The quantitative estimate of drug-likeness (QED) is 0.829. The molecule has 0 aromatic carbocycles. The number of nitrogens with one attached hydrogen (secondary N) is 1. The fourth-order valence-electron chi connectivity index (χ4n) is 2.58. The summed E-state index contributed by atoms with van der Waals surface area (Å²) in [5, 5.41) is 3.45. The van der Waals surface area contributed by atoms with Crippen LogP contribution in [0.3, 0.4) is 0 Å². The van der Waals surface area contributed by atoms with Gasteiger partial charge in [-0.2, -0.15) is 0 Å². The van der Waals surface area contributed by atoms with Gasteiger partial charge in [0, 0.05) is 24.2 Å². The molecule has 0 saturated carbocycles. The van der Waals surface area contributed by atoms with Crippen molar-refractivity contribution >= 4 is 0 Å². The first kappa shape index (κ1) is 11.7.